The van der Waals surface area contributed by atoms with Crippen molar-refractivity contribution in [2.24, 2.45) is 11.8 Å². The Morgan fingerprint density at radius 2 is 2.28 bits per heavy atom. The maximum atomic E-state index is 13.6. The number of nitrogens with zero attached hydrogens (tertiary/aromatic N) is 1. The van der Waals surface area contributed by atoms with Crippen molar-refractivity contribution in [1.29, 1.82) is 0 Å². The van der Waals surface area contributed by atoms with Crippen molar-refractivity contribution < 1.29 is 14.3 Å². The maximum absolute atomic E-state index is 13.6. The lowest BCUT2D eigenvalue weighted by molar-refractivity contribution is -0.154. The van der Waals surface area contributed by atoms with Crippen LogP contribution in [0.25, 0.3) is 0 Å². The predicted octanol–water partition coefficient (Wildman–Crippen LogP) is 2.11. The van der Waals surface area contributed by atoms with E-state index in [1.54, 1.807) is 7.11 Å². The molecule has 0 spiro atoms. The van der Waals surface area contributed by atoms with Crippen LogP contribution >= 0.6 is 0 Å². The number of piperidine rings is 1. The van der Waals surface area contributed by atoms with Gasteiger partial charge in [0.15, 0.2) is 0 Å². The number of ether oxygens (including phenoxy) is 2. The largest absolute Gasteiger partial charge is 0.497 e. The SMILES string of the molecule is C/C=C1\CN2C(=O)[C@]3(c4ccc(OC)cc4N)C[C@H]2[C@H]2CO[C@@H]3C[C@@H]12. The molecule has 0 aromatic heterocycles. The first-order chi connectivity index (χ1) is 12.1. The van der Waals surface area contributed by atoms with Crippen molar-refractivity contribution >= 4 is 11.6 Å². The Hall–Kier alpha value is -2.01. The summed E-state index contributed by atoms with van der Waals surface area (Å²) in [6.07, 6.45) is 3.86. The average Bonchev–Trinajstić information content (AvgIpc) is 2.77. The number of fused-ring (bicyclic) bond motifs is 1. The lowest BCUT2D eigenvalue weighted by Crippen LogP contribution is -2.59. The highest BCUT2D eigenvalue weighted by Gasteiger charge is 2.67. The molecule has 5 fully saturated rings. The number of nitrogens with two attached hydrogens (primary N) is 1. The molecule has 1 amide bonds. The monoisotopic (exact) mass is 340 g/mol. The summed E-state index contributed by atoms with van der Waals surface area (Å²) in [7, 11) is 1.63. The van der Waals surface area contributed by atoms with Crippen LogP contribution in [0.15, 0.2) is 29.8 Å². The molecule has 2 N–H and O–H groups in total. The molecule has 5 nitrogen and oxygen atoms in total. The van der Waals surface area contributed by atoms with E-state index in [4.69, 9.17) is 15.2 Å². The van der Waals surface area contributed by atoms with Gasteiger partial charge < -0.3 is 20.1 Å². The Morgan fingerprint density at radius 1 is 1.44 bits per heavy atom. The Morgan fingerprint density at radius 3 is 3.00 bits per heavy atom. The molecule has 6 rings (SSSR count). The molecule has 1 aliphatic carbocycles. The van der Waals surface area contributed by atoms with Gasteiger partial charge in [0.05, 0.1) is 19.8 Å². The van der Waals surface area contributed by atoms with E-state index in [2.05, 4.69) is 17.9 Å². The summed E-state index contributed by atoms with van der Waals surface area (Å²) in [5.41, 5.74) is 8.70. The van der Waals surface area contributed by atoms with Crippen molar-refractivity contribution in [2.75, 3.05) is 26.0 Å². The fourth-order valence-corrected chi connectivity index (χ4v) is 5.83. The lowest BCUT2D eigenvalue weighted by atomic mass is 9.69. The molecule has 4 saturated heterocycles. The summed E-state index contributed by atoms with van der Waals surface area (Å²) >= 11 is 0. The van der Waals surface area contributed by atoms with Gasteiger partial charge >= 0.3 is 0 Å². The Balaban J connectivity index is 1.69. The third-order valence-electron chi connectivity index (χ3n) is 7.03. The zero-order chi connectivity index (χ0) is 17.3. The maximum Gasteiger partial charge on any atom is 0.236 e. The van der Waals surface area contributed by atoms with E-state index in [0.717, 1.165) is 37.3 Å². The number of hydrogen-bond acceptors (Lipinski definition) is 4. The van der Waals surface area contributed by atoms with Crippen LogP contribution in [-0.4, -0.2) is 43.2 Å². The molecule has 1 aromatic rings. The number of anilines is 1. The number of amides is 1. The van der Waals surface area contributed by atoms with Crippen LogP contribution in [-0.2, 0) is 14.9 Å². The zero-order valence-corrected chi connectivity index (χ0v) is 14.7. The van der Waals surface area contributed by atoms with Crippen LogP contribution in [0.3, 0.4) is 0 Å². The number of methoxy groups -OCH3 is 1. The summed E-state index contributed by atoms with van der Waals surface area (Å²) in [6, 6.07) is 5.98. The molecule has 5 atom stereocenters. The first-order valence-corrected chi connectivity index (χ1v) is 9.12. The summed E-state index contributed by atoms with van der Waals surface area (Å²) in [6.45, 7) is 3.61. The van der Waals surface area contributed by atoms with E-state index in [0.29, 0.717) is 17.5 Å². The molecule has 132 valence electrons. The molecule has 0 unspecified atom stereocenters. The first kappa shape index (κ1) is 15.3. The van der Waals surface area contributed by atoms with Gasteiger partial charge in [0.2, 0.25) is 5.91 Å². The third kappa shape index (κ3) is 1.74. The van der Waals surface area contributed by atoms with E-state index in [9.17, 15) is 4.79 Å². The molecule has 4 aliphatic heterocycles. The van der Waals surface area contributed by atoms with Crippen LogP contribution in [0.5, 0.6) is 5.75 Å². The van der Waals surface area contributed by atoms with Gasteiger partial charge in [-0.3, -0.25) is 4.79 Å². The molecule has 5 bridgehead atoms. The number of carbonyl (C=O) groups is 1. The second kappa shape index (κ2) is 5.01. The smallest absolute Gasteiger partial charge is 0.236 e. The first-order valence-electron chi connectivity index (χ1n) is 9.12. The van der Waals surface area contributed by atoms with E-state index in [1.165, 1.54) is 5.57 Å². The third-order valence-corrected chi connectivity index (χ3v) is 7.03. The van der Waals surface area contributed by atoms with Gasteiger partial charge in [-0.1, -0.05) is 17.7 Å². The lowest BCUT2D eigenvalue weighted by Gasteiger charge is -2.50. The molecular formula is C20H24N2O3. The summed E-state index contributed by atoms with van der Waals surface area (Å²) in [4.78, 5) is 15.7. The summed E-state index contributed by atoms with van der Waals surface area (Å²) < 4.78 is 11.6. The van der Waals surface area contributed by atoms with Crippen molar-refractivity contribution in [3.05, 3.63) is 35.4 Å². The van der Waals surface area contributed by atoms with Crippen molar-refractivity contribution in [3.63, 3.8) is 0 Å². The number of rotatable bonds is 2. The van der Waals surface area contributed by atoms with Crippen LogP contribution in [0.1, 0.15) is 25.3 Å². The van der Waals surface area contributed by atoms with Crippen molar-refractivity contribution in [1.82, 2.24) is 4.90 Å². The molecule has 1 saturated carbocycles. The molecule has 5 aliphatic rings. The van der Waals surface area contributed by atoms with Crippen LogP contribution < -0.4 is 10.5 Å². The Bertz CT molecular complexity index is 789. The molecule has 4 heterocycles. The quantitative estimate of drug-likeness (QED) is 0.661. The number of allylic oxidation sites excluding steroid dienone is 1. The predicted molar refractivity (Wildman–Crippen MR) is 94.3 cm³/mol. The Kier molecular flexibility index (Phi) is 3.06. The molecule has 25 heavy (non-hydrogen) atoms. The standard InChI is InChI=1S/C20H24N2O3/c1-3-11-9-22-17-8-20(19(22)23,18-7-13(11)14(17)10-25-18)15-5-4-12(24-2)6-16(15)21/h3-6,13-14,17-18H,7-10,21H2,1-2H3/b11-3+/t13-,14-,17-,18+,20-/m0/s1. The van der Waals surface area contributed by atoms with Crippen LogP contribution in [0.4, 0.5) is 5.69 Å². The highest BCUT2D eigenvalue weighted by atomic mass is 16.5. The topological polar surface area (TPSA) is 64.8 Å². The minimum absolute atomic E-state index is 0.0952. The second-order valence-corrected chi connectivity index (χ2v) is 7.82. The number of carbonyl (C=O) groups excluding carboxylic acids is 1. The summed E-state index contributed by atoms with van der Waals surface area (Å²) in [5, 5.41) is 0. The van der Waals surface area contributed by atoms with Crippen molar-refractivity contribution in [3.8, 4) is 5.75 Å². The van der Waals surface area contributed by atoms with Gasteiger partial charge in [-0.25, -0.2) is 0 Å². The van der Waals surface area contributed by atoms with Gasteiger partial charge in [0, 0.05) is 30.3 Å². The van der Waals surface area contributed by atoms with Crippen molar-refractivity contribution in [2.45, 2.75) is 37.3 Å². The van der Waals surface area contributed by atoms with Gasteiger partial charge in [0.25, 0.3) is 0 Å². The highest BCUT2D eigenvalue weighted by molar-refractivity contribution is 5.94. The van der Waals surface area contributed by atoms with E-state index >= 15 is 0 Å². The highest BCUT2D eigenvalue weighted by Crippen LogP contribution is 2.58. The molecule has 5 heteroatoms. The second-order valence-electron chi connectivity index (χ2n) is 7.82. The minimum Gasteiger partial charge on any atom is -0.497 e. The number of hydrogen-bond donors (Lipinski definition) is 1. The average molecular weight is 340 g/mol. The van der Waals surface area contributed by atoms with E-state index in [-0.39, 0.29) is 18.1 Å². The normalized spacial score (nSPS) is 40.0. The fraction of sp³-hybridized carbons (Fsp3) is 0.550. The molecular weight excluding hydrogens is 316 g/mol. The molecule has 1 aromatic carbocycles. The van der Waals surface area contributed by atoms with Gasteiger partial charge in [0.1, 0.15) is 11.2 Å². The van der Waals surface area contributed by atoms with Gasteiger partial charge in [-0.2, -0.15) is 0 Å². The Labute approximate surface area is 147 Å². The minimum atomic E-state index is -0.635. The van der Waals surface area contributed by atoms with Crippen LogP contribution in [0, 0.1) is 11.8 Å². The van der Waals surface area contributed by atoms with E-state index in [1.807, 2.05) is 18.2 Å². The van der Waals surface area contributed by atoms with Gasteiger partial charge in [-0.05, 0) is 37.3 Å². The number of benzene rings is 1. The van der Waals surface area contributed by atoms with Crippen LogP contribution in [0.2, 0.25) is 0 Å². The van der Waals surface area contributed by atoms with E-state index < -0.39 is 5.41 Å². The fourth-order valence-electron chi connectivity index (χ4n) is 5.83. The number of nitrogen functional groups attached to an aromatic ring is 1. The molecule has 0 radical (unpaired) electrons. The van der Waals surface area contributed by atoms with Gasteiger partial charge in [-0.15, -0.1) is 0 Å². The zero-order valence-electron chi connectivity index (χ0n) is 14.7. The summed E-state index contributed by atoms with van der Waals surface area (Å²) in [5.74, 6) is 1.88.